The lowest BCUT2D eigenvalue weighted by molar-refractivity contribution is -0.130. The van der Waals surface area contributed by atoms with E-state index in [1.165, 1.54) is 0 Å². The van der Waals surface area contributed by atoms with Crippen LogP contribution in [0.2, 0.25) is 0 Å². The molecule has 14 heavy (non-hydrogen) atoms. The van der Waals surface area contributed by atoms with E-state index in [1.54, 1.807) is 4.90 Å². The quantitative estimate of drug-likeness (QED) is 0.568. The number of nitriles is 1. The van der Waals surface area contributed by atoms with E-state index in [0.717, 1.165) is 12.8 Å². The molecule has 1 atom stereocenters. The zero-order valence-corrected chi connectivity index (χ0v) is 8.20. The summed E-state index contributed by atoms with van der Waals surface area (Å²) in [5.74, 6) is 0.00231. The van der Waals surface area contributed by atoms with Crippen molar-refractivity contribution in [1.82, 2.24) is 10.2 Å². The van der Waals surface area contributed by atoms with Crippen molar-refractivity contribution in [2.75, 3.05) is 26.2 Å². The van der Waals surface area contributed by atoms with Crippen LogP contribution in [-0.4, -0.2) is 43.0 Å². The van der Waals surface area contributed by atoms with Gasteiger partial charge in [0.05, 0.1) is 12.6 Å². The van der Waals surface area contributed by atoms with Crippen LogP contribution < -0.4 is 11.1 Å². The first-order chi connectivity index (χ1) is 6.79. The number of amides is 1. The van der Waals surface area contributed by atoms with E-state index in [1.807, 2.05) is 0 Å². The van der Waals surface area contributed by atoms with E-state index in [-0.39, 0.29) is 18.5 Å². The van der Waals surface area contributed by atoms with Gasteiger partial charge in [-0.2, -0.15) is 5.26 Å². The van der Waals surface area contributed by atoms with Gasteiger partial charge in [0.2, 0.25) is 5.91 Å². The van der Waals surface area contributed by atoms with E-state index in [4.69, 9.17) is 11.0 Å². The van der Waals surface area contributed by atoms with Crippen molar-refractivity contribution in [3.05, 3.63) is 0 Å². The minimum absolute atomic E-state index is 0.00231. The highest BCUT2D eigenvalue weighted by atomic mass is 16.2. The fraction of sp³-hybridized carbons (Fsp3) is 0.778. The van der Waals surface area contributed by atoms with E-state index < -0.39 is 0 Å². The first kappa shape index (κ1) is 11.0. The second kappa shape index (κ2) is 5.58. The minimum Gasteiger partial charge on any atom is -0.329 e. The van der Waals surface area contributed by atoms with Gasteiger partial charge in [0, 0.05) is 19.6 Å². The van der Waals surface area contributed by atoms with E-state index in [2.05, 4.69) is 11.4 Å². The molecule has 3 N–H and O–H groups in total. The van der Waals surface area contributed by atoms with Gasteiger partial charge in [0.1, 0.15) is 6.04 Å². The summed E-state index contributed by atoms with van der Waals surface area (Å²) in [6.45, 7) is 2.16. The number of carbonyl (C=O) groups is 1. The summed E-state index contributed by atoms with van der Waals surface area (Å²) in [5.41, 5.74) is 5.28. The van der Waals surface area contributed by atoms with Crippen LogP contribution in [0.3, 0.4) is 0 Å². The van der Waals surface area contributed by atoms with E-state index in [9.17, 15) is 4.79 Å². The maximum Gasteiger partial charge on any atom is 0.237 e. The van der Waals surface area contributed by atoms with Gasteiger partial charge in [0.15, 0.2) is 0 Å². The molecule has 78 valence electrons. The van der Waals surface area contributed by atoms with Crippen molar-refractivity contribution in [2.45, 2.75) is 18.9 Å². The van der Waals surface area contributed by atoms with Crippen LogP contribution in [0.4, 0.5) is 0 Å². The lowest BCUT2D eigenvalue weighted by Gasteiger charge is -2.19. The summed E-state index contributed by atoms with van der Waals surface area (Å²) < 4.78 is 0. The number of nitrogens with two attached hydrogens (primary N) is 1. The first-order valence-corrected chi connectivity index (χ1v) is 4.89. The van der Waals surface area contributed by atoms with Gasteiger partial charge in [0.25, 0.3) is 0 Å². The van der Waals surface area contributed by atoms with E-state index >= 15 is 0 Å². The summed E-state index contributed by atoms with van der Waals surface area (Å²) in [5, 5.41) is 11.7. The standard InChI is InChI=1S/C9H16N4O/c10-3-4-12-7-9(14)13-5-1-2-8(13)6-11/h8,12H,1-5,7,10H2. The second-order valence-corrected chi connectivity index (χ2v) is 3.34. The van der Waals surface area contributed by atoms with Gasteiger partial charge < -0.3 is 16.0 Å². The molecule has 0 aromatic carbocycles. The summed E-state index contributed by atoms with van der Waals surface area (Å²) >= 11 is 0. The minimum atomic E-state index is -0.220. The number of hydrogen-bond donors (Lipinski definition) is 2. The number of nitrogens with one attached hydrogen (secondary N) is 1. The molecule has 1 aliphatic heterocycles. The number of nitrogens with zero attached hydrogens (tertiary/aromatic N) is 2. The Balaban J connectivity index is 2.33. The molecule has 0 aromatic rings. The van der Waals surface area contributed by atoms with Crippen LogP contribution in [0.5, 0.6) is 0 Å². The fourth-order valence-electron chi connectivity index (χ4n) is 1.60. The number of hydrogen-bond acceptors (Lipinski definition) is 4. The molecule has 1 unspecified atom stereocenters. The highest BCUT2D eigenvalue weighted by Crippen LogP contribution is 2.15. The molecule has 0 aliphatic carbocycles. The Morgan fingerprint density at radius 3 is 3.14 bits per heavy atom. The first-order valence-electron chi connectivity index (χ1n) is 4.89. The molecular weight excluding hydrogens is 180 g/mol. The third kappa shape index (κ3) is 2.69. The SMILES string of the molecule is N#CC1CCCN1C(=O)CNCCN. The largest absolute Gasteiger partial charge is 0.329 e. The summed E-state index contributed by atoms with van der Waals surface area (Å²) in [6.07, 6.45) is 1.74. The summed E-state index contributed by atoms with van der Waals surface area (Å²) in [6, 6.07) is 1.92. The Kier molecular flexibility index (Phi) is 4.36. The lowest BCUT2D eigenvalue weighted by Crippen LogP contribution is -2.41. The molecule has 1 aliphatic rings. The van der Waals surface area contributed by atoms with Crippen molar-refractivity contribution in [1.29, 1.82) is 5.26 Å². The zero-order valence-electron chi connectivity index (χ0n) is 8.20. The van der Waals surface area contributed by atoms with Crippen molar-refractivity contribution in [3.8, 4) is 6.07 Å². The molecule has 5 nitrogen and oxygen atoms in total. The van der Waals surface area contributed by atoms with Crippen molar-refractivity contribution >= 4 is 5.91 Å². The van der Waals surface area contributed by atoms with Crippen LogP contribution in [0.25, 0.3) is 0 Å². The maximum absolute atomic E-state index is 11.6. The Bertz CT molecular complexity index is 235. The number of likely N-dealkylation sites (tertiary alicyclic amines) is 1. The maximum atomic E-state index is 11.6. The molecule has 5 heteroatoms. The molecule has 0 bridgehead atoms. The average Bonchev–Trinajstić information content (AvgIpc) is 2.65. The van der Waals surface area contributed by atoms with Gasteiger partial charge >= 0.3 is 0 Å². The van der Waals surface area contributed by atoms with Crippen molar-refractivity contribution in [3.63, 3.8) is 0 Å². The average molecular weight is 196 g/mol. The van der Waals surface area contributed by atoms with Crippen LogP contribution in [0, 0.1) is 11.3 Å². The molecule has 0 spiro atoms. The molecule has 0 radical (unpaired) electrons. The molecule has 1 heterocycles. The third-order valence-corrected chi connectivity index (χ3v) is 2.32. The highest BCUT2D eigenvalue weighted by molar-refractivity contribution is 5.79. The van der Waals surface area contributed by atoms with Crippen LogP contribution >= 0.6 is 0 Å². The molecule has 1 rings (SSSR count). The third-order valence-electron chi connectivity index (χ3n) is 2.32. The number of carbonyl (C=O) groups excluding carboxylic acids is 1. The summed E-state index contributed by atoms with van der Waals surface area (Å²) in [7, 11) is 0. The Morgan fingerprint density at radius 2 is 2.50 bits per heavy atom. The highest BCUT2D eigenvalue weighted by Gasteiger charge is 2.27. The predicted molar refractivity (Wildman–Crippen MR) is 52.3 cm³/mol. The zero-order chi connectivity index (χ0) is 10.4. The lowest BCUT2D eigenvalue weighted by atomic mass is 10.2. The van der Waals surface area contributed by atoms with E-state index in [0.29, 0.717) is 19.6 Å². The molecule has 0 aromatic heterocycles. The van der Waals surface area contributed by atoms with Crippen LogP contribution in [0.15, 0.2) is 0 Å². The Hall–Kier alpha value is -1.12. The topological polar surface area (TPSA) is 82.2 Å². The summed E-state index contributed by atoms with van der Waals surface area (Å²) in [4.78, 5) is 13.2. The van der Waals surface area contributed by atoms with Gasteiger partial charge in [-0.3, -0.25) is 4.79 Å². The molecule has 1 amide bonds. The van der Waals surface area contributed by atoms with Gasteiger partial charge in [-0.1, -0.05) is 0 Å². The van der Waals surface area contributed by atoms with Crippen molar-refractivity contribution < 1.29 is 4.79 Å². The molecular formula is C9H16N4O. The predicted octanol–water partition coefficient (Wildman–Crippen LogP) is -0.951. The molecule has 1 fully saturated rings. The monoisotopic (exact) mass is 196 g/mol. The van der Waals surface area contributed by atoms with Crippen LogP contribution in [-0.2, 0) is 4.79 Å². The van der Waals surface area contributed by atoms with Crippen molar-refractivity contribution in [2.24, 2.45) is 5.73 Å². The van der Waals surface area contributed by atoms with Gasteiger partial charge in [-0.15, -0.1) is 0 Å². The normalized spacial score (nSPS) is 20.9. The van der Waals surface area contributed by atoms with Gasteiger partial charge in [-0.25, -0.2) is 0 Å². The second-order valence-electron chi connectivity index (χ2n) is 3.34. The fourth-order valence-corrected chi connectivity index (χ4v) is 1.60. The van der Waals surface area contributed by atoms with Crippen LogP contribution in [0.1, 0.15) is 12.8 Å². The Labute approximate surface area is 83.9 Å². The molecule has 1 saturated heterocycles. The smallest absolute Gasteiger partial charge is 0.237 e. The molecule has 0 saturated carbocycles. The Morgan fingerprint density at radius 1 is 1.71 bits per heavy atom. The number of rotatable bonds is 4. The van der Waals surface area contributed by atoms with Gasteiger partial charge in [-0.05, 0) is 12.8 Å².